The minimum absolute atomic E-state index is 0.571. The minimum Gasteiger partial charge on any atom is -0.364 e. The van der Waals surface area contributed by atoms with Gasteiger partial charge in [0.15, 0.2) is 0 Å². The smallest absolute Gasteiger partial charge is 0.144 e. The standard InChI is InChI=1S/C12H13NO/c1-10-9-13(10)12(7-8-14)11-5-3-2-4-6-11/h2-8,10H,9H2,1H3/b12-7-. The largest absolute Gasteiger partial charge is 0.364 e. The number of carbonyl (C=O) groups excluding carboxylic acids is 1. The van der Waals surface area contributed by atoms with Crippen molar-refractivity contribution < 1.29 is 4.79 Å². The number of carbonyl (C=O) groups is 1. The van der Waals surface area contributed by atoms with Crippen molar-refractivity contribution in [2.24, 2.45) is 0 Å². The Hall–Kier alpha value is -1.57. The third-order valence-corrected chi connectivity index (χ3v) is 2.46. The average Bonchev–Trinajstić information content (AvgIpc) is 2.93. The number of hydrogen-bond acceptors (Lipinski definition) is 2. The third-order valence-electron chi connectivity index (χ3n) is 2.46. The van der Waals surface area contributed by atoms with Crippen LogP contribution in [0.3, 0.4) is 0 Å². The number of rotatable bonds is 3. The van der Waals surface area contributed by atoms with Gasteiger partial charge in [0.1, 0.15) is 6.29 Å². The van der Waals surface area contributed by atoms with Gasteiger partial charge in [-0.2, -0.15) is 0 Å². The summed E-state index contributed by atoms with van der Waals surface area (Å²) in [7, 11) is 0. The third kappa shape index (κ3) is 1.69. The zero-order valence-corrected chi connectivity index (χ0v) is 8.18. The van der Waals surface area contributed by atoms with E-state index in [-0.39, 0.29) is 0 Å². The van der Waals surface area contributed by atoms with Gasteiger partial charge in [0.25, 0.3) is 0 Å². The van der Waals surface area contributed by atoms with Crippen LogP contribution >= 0.6 is 0 Å². The van der Waals surface area contributed by atoms with Gasteiger partial charge in [-0.1, -0.05) is 30.3 Å². The second-order valence-electron chi connectivity index (χ2n) is 3.56. The van der Waals surface area contributed by atoms with Crippen molar-refractivity contribution >= 4 is 12.0 Å². The van der Waals surface area contributed by atoms with Crippen LogP contribution in [-0.2, 0) is 4.79 Å². The van der Waals surface area contributed by atoms with E-state index in [9.17, 15) is 4.79 Å². The van der Waals surface area contributed by atoms with Gasteiger partial charge in [-0.15, -0.1) is 0 Å². The van der Waals surface area contributed by atoms with Crippen LogP contribution < -0.4 is 0 Å². The maximum Gasteiger partial charge on any atom is 0.144 e. The summed E-state index contributed by atoms with van der Waals surface area (Å²) in [5.74, 6) is 0. The van der Waals surface area contributed by atoms with Crippen molar-refractivity contribution in [3.05, 3.63) is 42.0 Å². The second kappa shape index (κ2) is 3.66. The van der Waals surface area contributed by atoms with E-state index >= 15 is 0 Å². The lowest BCUT2D eigenvalue weighted by atomic mass is 10.1. The lowest BCUT2D eigenvalue weighted by Gasteiger charge is -2.08. The Morgan fingerprint density at radius 3 is 2.57 bits per heavy atom. The van der Waals surface area contributed by atoms with Gasteiger partial charge in [0.05, 0.1) is 0 Å². The van der Waals surface area contributed by atoms with E-state index < -0.39 is 0 Å². The molecule has 2 nitrogen and oxygen atoms in total. The van der Waals surface area contributed by atoms with Crippen LogP contribution in [0.2, 0.25) is 0 Å². The van der Waals surface area contributed by atoms with Crippen LogP contribution in [0.1, 0.15) is 12.5 Å². The van der Waals surface area contributed by atoms with Crippen LogP contribution in [0.5, 0.6) is 0 Å². The first-order chi connectivity index (χ1) is 6.83. The number of benzene rings is 1. The van der Waals surface area contributed by atoms with Crippen LogP contribution in [0, 0.1) is 0 Å². The molecule has 0 spiro atoms. The molecule has 1 fully saturated rings. The van der Waals surface area contributed by atoms with E-state index in [4.69, 9.17) is 0 Å². The summed E-state index contributed by atoms with van der Waals surface area (Å²) in [5, 5.41) is 0. The first kappa shape index (κ1) is 9.00. The Labute approximate surface area is 83.8 Å². The lowest BCUT2D eigenvalue weighted by molar-refractivity contribution is -0.104. The highest BCUT2D eigenvalue weighted by molar-refractivity contribution is 5.81. The second-order valence-corrected chi connectivity index (χ2v) is 3.56. The summed E-state index contributed by atoms with van der Waals surface area (Å²) < 4.78 is 0. The molecule has 1 unspecified atom stereocenters. The molecule has 1 heterocycles. The molecular weight excluding hydrogens is 174 g/mol. The molecule has 2 heteroatoms. The summed E-state index contributed by atoms with van der Waals surface area (Å²) in [6.07, 6.45) is 2.49. The fourth-order valence-corrected chi connectivity index (χ4v) is 1.60. The van der Waals surface area contributed by atoms with Crippen LogP contribution in [0.25, 0.3) is 5.70 Å². The SMILES string of the molecule is CC1CN1/C(=C\C=O)c1ccccc1. The van der Waals surface area contributed by atoms with Crippen LogP contribution in [-0.4, -0.2) is 23.8 Å². The summed E-state index contributed by atoms with van der Waals surface area (Å²) in [4.78, 5) is 12.7. The van der Waals surface area contributed by atoms with Crippen molar-refractivity contribution in [1.82, 2.24) is 4.90 Å². The van der Waals surface area contributed by atoms with Gasteiger partial charge in [-0.3, -0.25) is 4.79 Å². The minimum atomic E-state index is 0.571. The number of aldehydes is 1. The number of nitrogens with zero attached hydrogens (tertiary/aromatic N) is 1. The molecule has 0 saturated carbocycles. The van der Waals surface area contributed by atoms with Crippen LogP contribution in [0.4, 0.5) is 0 Å². The molecular formula is C12H13NO. The topological polar surface area (TPSA) is 20.1 Å². The summed E-state index contributed by atoms with van der Waals surface area (Å²) in [6, 6.07) is 10.6. The quantitative estimate of drug-likeness (QED) is 0.409. The van der Waals surface area contributed by atoms with Gasteiger partial charge in [-0.25, -0.2) is 0 Å². The maximum atomic E-state index is 10.5. The molecule has 1 aromatic rings. The van der Waals surface area contributed by atoms with E-state index in [1.165, 1.54) is 0 Å². The van der Waals surface area contributed by atoms with E-state index in [1.54, 1.807) is 6.08 Å². The Morgan fingerprint density at radius 1 is 1.43 bits per heavy atom. The zero-order chi connectivity index (χ0) is 9.97. The Morgan fingerprint density at radius 2 is 2.07 bits per heavy atom. The van der Waals surface area contributed by atoms with Gasteiger partial charge in [0, 0.05) is 24.4 Å². The van der Waals surface area contributed by atoms with Crippen molar-refractivity contribution in [1.29, 1.82) is 0 Å². The van der Waals surface area contributed by atoms with Gasteiger partial charge >= 0.3 is 0 Å². The van der Waals surface area contributed by atoms with E-state index in [0.717, 1.165) is 24.1 Å². The van der Waals surface area contributed by atoms with Crippen molar-refractivity contribution in [2.45, 2.75) is 13.0 Å². The van der Waals surface area contributed by atoms with E-state index in [0.29, 0.717) is 6.04 Å². The monoisotopic (exact) mass is 187 g/mol. The molecule has 14 heavy (non-hydrogen) atoms. The van der Waals surface area contributed by atoms with Crippen molar-refractivity contribution in [3.63, 3.8) is 0 Å². The number of hydrogen-bond donors (Lipinski definition) is 0. The number of allylic oxidation sites excluding steroid dienone is 1. The highest BCUT2D eigenvalue weighted by atomic mass is 16.1. The molecule has 1 saturated heterocycles. The highest BCUT2D eigenvalue weighted by Crippen LogP contribution is 2.30. The normalized spacial score (nSPS) is 20.8. The molecule has 0 radical (unpaired) electrons. The molecule has 0 N–H and O–H groups in total. The van der Waals surface area contributed by atoms with E-state index in [2.05, 4.69) is 11.8 Å². The van der Waals surface area contributed by atoms with E-state index in [1.807, 2.05) is 30.3 Å². The van der Waals surface area contributed by atoms with Gasteiger partial charge in [-0.05, 0) is 12.5 Å². The summed E-state index contributed by atoms with van der Waals surface area (Å²) in [5.41, 5.74) is 2.15. The molecule has 0 aromatic heterocycles. The molecule has 0 bridgehead atoms. The fourth-order valence-electron chi connectivity index (χ4n) is 1.60. The average molecular weight is 187 g/mol. The van der Waals surface area contributed by atoms with Crippen molar-refractivity contribution in [2.75, 3.05) is 6.54 Å². The molecule has 72 valence electrons. The van der Waals surface area contributed by atoms with Gasteiger partial charge in [0.2, 0.25) is 0 Å². The first-order valence-corrected chi connectivity index (χ1v) is 4.80. The molecule has 1 aliphatic heterocycles. The summed E-state index contributed by atoms with van der Waals surface area (Å²) >= 11 is 0. The Bertz CT molecular complexity index is 356. The predicted molar refractivity (Wildman–Crippen MR) is 56.7 cm³/mol. The zero-order valence-electron chi connectivity index (χ0n) is 8.18. The molecule has 0 amide bonds. The maximum absolute atomic E-state index is 10.5. The Kier molecular flexibility index (Phi) is 2.35. The summed E-state index contributed by atoms with van der Waals surface area (Å²) in [6.45, 7) is 3.20. The molecule has 1 aromatic carbocycles. The molecule has 1 aliphatic rings. The molecule has 0 aliphatic carbocycles. The lowest BCUT2D eigenvalue weighted by Crippen LogP contribution is -1.99. The Balaban J connectivity index is 2.28. The molecule has 2 rings (SSSR count). The van der Waals surface area contributed by atoms with Gasteiger partial charge < -0.3 is 4.90 Å². The molecule has 1 atom stereocenters. The first-order valence-electron chi connectivity index (χ1n) is 4.80. The fraction of sp³-hybridized carbons (Fsp3) is 0.250. The highest BCUT2D eigenvalue weighted by Gasteiger charge is 2.31. The van der Waals surface area contributed by atoms with Crippen molar-refractivity contribution in [3.8, 4) is 0 Å². The van der Waals surface area contributed by atoms with Crippen LogP contribution in [0.15, 0.2) is 36.4 Å². The predicted octanol–water partition coefficient (Wildman–Crippen LogP) is 1.93.